The predicted molar refractivity (Wildman–Crippen MR) is 399 cm³/mol. The average Bonchev–Trinajstić information content (AvgIpc) is 0.738. The summed E-state index contributed by atoms with van der Waals surface area (Å²) >= 11 is 0. The summed E-state index contributed by atoms with van der Waals surface area (Å²) in [7, 11) is -27.7. The van der Waals surface area contributed by atoms with Gasteiger partial charge in [-0.25, -0.2) is 54.9 Å². The number of sulfone groups is 6. The number of fused-ring (bicyclic) bond motifs is 8. The van der Waals surface area contributed by atoms with Crippen molar-refractivity contribution in [2.75, 3.05) is 12.0 Å². The number of benzene rings is 12. The lowest BCUT2D eigenvalue weighted by molar-refractivity contribution is -0.140. The normalized spacial score (nSPS) is 15.9. The summed E-state index contributed by atoms with van der Waals surface area (Å²) in [6, 6.07) is 64.4. The van der Waals surface area contributed by atoms with Crippen LogP contribution in [0.3, 0.4) is 0 Å². The van der Waals surface area contributed by atoms with E-state index in [4.69, 9.17) is 0 Å². The smallest absolute Gasteiger partial charge is 0.224 e. The zero-order valence-electron chi connectivity index (χ0n) is 58.1. The van der Waals surface area contributed by atoms with Crippen LogP contribution >= 0.6 is 0 Å². The fourth-order valence-electron chi connectivity index (χ4n) is 12.8. The highest BCUT2D eigenvalue weighted by atomic mass is 32.2. The molecule has 0 aliphatic carbocycles. The zero-order valence-corrected chi connectivity index (χ0v) is 66.2. The Hall–Kier alpha value is -9.17. The molecule has 0 bridgehead atoms. The van der Waals surface area contributed by atoms with Crippen molar-refractivity contribution >= 4 is 103 Å². The van der Waals surface area contributed by atoms with E-state index in [1.165, 1.54) is 79.7 Å². The van der Waals surface area contributed by atoms with Gasteiger partial charge >= 0.3 is 24.7 Å². The topological polar surface area (TPSA) is 205 Å². The first-order chi connectivity index (χ1) is 53.4. The molecule has 0 saturated heterocycles. The summed E-state index contributed by atoms with van der Waals surface area (Å²) < 4.78 is 327. The maximum Gasteiger partial charge on any atom is 0.419 e. The van der Waals surface area contributed by atoms with Gasteiger partial charge < -0.3 is 0 Å². The third-order valence-electron chi connectivity index (χ3n) is 17.8. The van der Waals surface area contributed by atoms with E-state index in [0.717, 1.165) is 54.8 Å². The zero-order chi connectivity index (χ0) is 82.4. The average molecular weight is 1760 g/mol. The van der Waals surface area contributed by atoms with Gasteiger partial charge in [-0.3, -0.25) is 0 Å². The molecular formula is C79H53F13O12S10+4. The lowest BCUT2D eigenvalue weighted by Gasteiger charge is -2.20. The van der Waals surface area contributed by atoms with Gasteiger partial charge in [-0.15, -0.1) is 0 Å². The van der Waals surface area contributed by atoms with Crippen LogP contribution in [0.25, 0.3) is 0 Å². The Bertz CT molecular complexity index is 6400. The summed E-state index contributed by atoms with van der Waals surface area (Å²) in [5.41, 5.74) is -4.62. The van der Waals surface area contributed by atoms with E-state index in [-0.39, 0.29) is 53.9 Å². The monoisotopic (exact) mass is 1760 g/mol. The Balaban J connectivity index is 0.000000133. The molecule has 4 aliphatic rings. The second-order valence-electron chi connectivity index (χ2n) is 25.0. The molecule has 12 nitrogen and oxygen atoms in total. The van der Waals surface area contributed by atoms with Gasteiger partial charge in [0.05, 0.1) is 37.8 Å². The summed E-state index contributed by atoms with van der Waals surface area (Å²) in [5.74, 6) is -1.83. The van der Waals surface area contributed by atoms with Gasteiger partial charge in [0.15, 0.2) is 78.4 Å². The summed E-state index contributed by atoms with van der Waals surface area (Å²) in [6.07, 6.45) is -18.4. The van der Waals surface area contributed by atoms with Crippen LogP contribution in [0.15, 0.2) is 381 Å². The van der Waals surface area contributed by atoms with Crippen LogP contribution in [0.1, 0.15) is 29.2 Å². The number of hydrogen-bond donors (Lipinski definition) is 0. The maximum atomic E-state index is 13.8. The molecule has 0 radical (unpaired) electrons. The van der Waals surface area contributed by atoms with Crippen molar-refractivity contribution in [1.29, 1.82) is 0 Å². The molecule has 114 heavy (non-hydrogen) atoms. The largest absolute Gasteiger partial charge is 0.419 e. The van der Waals surface area contributed by atoms with Gasteiger partial charge in [-0.2, -0.15) is 52.7 Å². The van der Waals surface area contributed by atoms with E-state index in [2.05, 4.69) is 0 Å². The molecular weight excluding hydrogens is 1710 g/mol. The van der Waals surface area contributed by atoms with Gasteiger partial charge in [0.1, 0.15) is 88.6 Å². The van der Waals surface area contributed by atoms with Crippen molar-refractivity contribution < 1.29 is 108 Å². The van der Waals surface area contributed by atoms with E-state index in [0.29, 0.717) is 44.1 Å². The molecule has 588 valence electrons. The standard InChI is InChI=1S/C21H16F3O4S3.C20H14F3O4S3.C19H11F4O2S2.C19H12F3O2S2/c1-2-30(25,26)18-12-11-14(13-15(18)21(22,23)24)29-16-7-3-5-9-19(16)31(27,28)20-10-6-4-8-17(20)29;1-29(24,25)17-11-10-13(12-14(17)20(21,22)23)28-15-6-2-4-8-18(15)30(26,27)19-9-5-3-7-16(19)28;20-14-10-9-12(11-13(14)19(21,22)23)26-15-5-1-3-7-17(15)27(24,25)18-8-4-2-6-16(18)26;20-19(21,22)13-6-5-7-14(12-13)25-15-8-1-3-10-17(15)26(23,24)18-11-4-2-9-16(18)25/h3-13H,2H2,1H3;2-12H,1H3;1-11H;1-12H/q4*+1. The molecule has 0 fully saturated rings. The van der Waals surface area contributed by atoms with Crippen molar-refractivity contribution in [3.8, 4) is 0 Å². The minimum atomic E-state index is -4.89. The van der Waals surface area contributed by atoms with Gasteiger partial charge in [0.25, 0.3) is 0 Å². The second kappa shape index (κ2) is 30.5. The third kappa shape index (κ3) is 15.4. The number of rotatable bonds is 7. The van der Waals surface area contributed by atoms with E-state index in [1.807, 2.05) is 0 Å². The summed E-state index contributed by atoms with van der Waals surface area (Å²) in [6.45, 7) is 1.28. The molecule has 4 aliphatic heterocycles. The van der Waals surface area contributed by atoms with Gasteiger partial charge in [0.2, 0.25) is 39.3 Å². The Kier molecular flexibility index (Phi) is 22.1. The highest BCUT2D eigenvalue weighted by Gasteiger charge is 2.52. The molecule has 0 aromatic heterocycles. The third-order valence-corrected chi connectivity index (χ3v) is 38.6. The minimum absolute atomic E-state index is 0.0350. The van der Waals surface area contributed by atoms with Crippen molar-refractivity contribution in [3.63, 3.8) is 0 Å². The fraction of sp³-hybridized carbons (Fsp3) is 0.0886. The van der Waals surface area contributed by atoms with E-state index in [1.54, 1.807) is 152 Å². The number of alkyl halides is 12. The van der Waals surface area contributed by atoms with Crippen molar-refractivity contribution in [1.82, 2.24) is 0 Å². The highest BCUT2D eigenvalue weighted by Crippen LogP contribution is 2.52. The molecule has 12 aromatic rings. The Morgan fingerprint density at radius 3 is 0.772 bits per heavy atom. The Morgan fingerprint density at radius 2 is 0.518 bits per heavy atom. The first-order valence-electron chi connectivity index (χ1n) is 33.0. The molecule has 16 rings (SSSR count). The van der Waals surface area contributed by atoms with E-state index >= 15 is 0 Å². The first-order valence-corrected chi connectivity index (χ1v) is 47.4. The van der Waals surface area contributed by atoms with E-state index < -0.39 is 171 Å². The second-order valence-corrected chi connectivity index (χ2v) is 44.6. The van der Waals surface area contributed by atoms with Crippen molar-refractivity contribution in [2.24, 2.45) is 0 Å². The van der Waals surface area contributed by atoms with Crippen LogP contribution in [-0.4, -0.2) is 62.5 Å². The number of hydrogen-bond acceptors (Lipinski definition) is 12. The molecule has 12 aromatic carbocycles. The first kappa shape index (κ1) is 82.8. The quantitative estimate of drug-likeness (QED) is 0.108. The van der Waals surface area contributed by atoms with Gasteiger partial charge in [-0.1, -0.05) is 110 Å². The number of halogens is 13. The SMILES string of the molecule is CCS(=O)(=O)c1ccc([S+]2c3ccccc3S(=O)(=O)c3ccccc32)cc1C(F)(F)F.CS(=O)(=O)c1ccc([S+]2c3ccccc3S(=O)(=O)c3ccccc32)cc1C(F)(F)F.O=S1(=O)c2ccccc2[S+](c2ccc(F)c(C(F)(F)F)c2)c2ccccc21.O=S1(=O)c2ccccc2[S+](c2cccc(C(F)(F)F)c2)c2ccccc21. The van der Waals surface area contributed by atoms with Crippen molar-refractivity contribution in [2.45, 2.75) is 139 Å². The minimum Gasteiger partial charge on any atom is -0.224 e. The van der Waals surface area contributed by atoms with Gasteiger partial charge in [-0.05, 0) is 146 Å². The fourth-order valence-corrected chi connectivity index (χ4v) is 33.7. The van der Waals surface area contributed by atoms with E-state index in [9.17, 15) is 108 Å². The predicted octanol–water partition coefficient (Wildman–Crippen LogP) is 19.1. The van der Waals surface area contributed by atoms with Crippen LogP contribution in [0, 0.1) is 5.82 Å². The lowest BCUT2D eigenvalue weighted by atomic mass is 10.2. The summed E-state index contributed by atoms with van der Waals surface area (Å²) in [4.78, 5) is 3.34. The van der Waals surface area contributed by atoms with Crippen LogP contribution in [0.5, 0.6) is 0 Å². The Labute approximate surface area is 657 Å². The van der Waals surface area contributed by atoms with Crippen LogP contribution < -0.4 is 0 Å². The molecule has 0 N–H and O–H groups in total. The van der Waals surface area contributed by atoms with Crippen LogP contribution in [0.4, 0.5) is 57.1 Å². The molecule has 0 atom stereocenters. The van der Waals surface area contributed by atoms with Crippen LogP contribution in [-0.2, 0) is 127 Å². The molecule has 4 heterocycles. The molecule has 0 unspecified atom stereocenters. The lowest BCUT2D eigenvalue weighted by Crippen LogP contribution is -2.21. The maximum absolute atomic E-state index is 13.8. The molecule has 0 saturated carbocycles. The van der Waals surface area contributed by atoms with Crippen LogP contribution in [0.2, 0.25) is 0 Å². The molecule has 0 spiro atoms. The molecule has 0 amide bonds. The van der Waals surface area contributed by atoms with Crippen molar-refractivity contribution in [3.05, 3.63) is 301 Å². The summed E-state index contributed by atoms with van der Waals surface area (Å²) in [5, 5.41) is 0. The van der Waals surface area contributed by atoms with Gasteiger partial charge in [0, 0.05) is 30.5 Å². The Morgan fingerprint density at radius 1 is 0.281 bits per heavy atom. The molecule has 35 heteroatoms. The highest BCUT2D eigenvalue weighted by molar-refractivity contribution is 8.02.